The highest BCUT2D eigenvalue weighted by Crippen LogP contribution is 2.37. The quantitative estimate of drug-likeness (QED) is 0.762. The molecule has 1 aromatic carbocycles. The first kappa shape index (κ1) is 17.3. The summed E-state index contributed by atoms with van der Waals surface area (Å²) in [5.41, 5.74) is 0.674. The Labute approximate surface area is 144 Å². The predicted molar refractivity (Wildman–Crippen MR) is 96.4 cm³/mol. The number of hydrogen-bond donors (Lipinski definition) is 0. The molecule has 0 bridgehead atoms. The highest BCUT2D eigenvalue weighted by Gasteiger charge is 2.51. The zero-order valence-corrected chi connectivity index (χ0v) is 15.7. The monoisotopic (exact) mass is 355 g/mol. The maximum Gasteiger partial charge on any atom is 0.494 e. The Morgan fingerprint density at radius 2 is 1.70 bits per heavy atom. The van der Waals surface area contributed by atoms with E-state index in [0.29, 0.717) is 22.2 Å². The highest BCUT2D eigenvalue weighted by atomic mass is 35.5. The minimum absolute atomic E-state index is 0.389. The van der Waals surface area contributed by atoms with Crippen molar-refractivity contribution in [2.75, 3.05) is 11.5 Å². The van der Waals surface area contributed by atoms with Crippen molar-refractivity contribution >= 4 is 39.6 Å². The number of halogens is 1. The first-order valence-corrected chi connectivity index (χ1v) is 10.2. The molecule has 2 saturated heterocycles. The van der Waals surface area contributed by atoms with Crippen LogP contribution < -0.4 is 5.46 Å². The van der Waals surface area contributed by atoms with Crippen LogP contribution in [0.15, 0.2) is 22.6 Å². The van der Waals surface area contributed by atoms with Gasteiger partial charge in [0.05, 0.1) is 31.6 Å². The van der Waals surface area contributed by atoms with E-state index in [1.165, 1.54) is 0 Å². The van der Waals surface area contributed by atoms with E-state index in [2.05, 4.69) is 4.36 Å². The van der Waals surface area contributed by atoms with Crippen LogP contribution in [0.5, 0.6) is 0 Å². The molecule has 4 nitrogen and oxygen atoms in total. The van der Waals surface area contributed by atoms with Crippen molar-refractivity contribution in [1.82, 2.24) is 0 Å². The van der Waals surface area contributed by atoms with Gasteiger partial charge < -0.3 is 9.31 Å². The van der Waals surface area contributed by atoms with E-state index in [-0.39, 0.29) is 11.2 Å². The minimum Gasteiger partial charge on any atom is -0.399 e. The molecule has 2 aliphatic heterocycles. The molecule has 0 radical (unpaired) electrons. The lowest BCUT2D eigenvalue weighted by Crippen LogP contribution is -2.41. The van der Waals surface area contributed by atoms with Gasteiger partial charge in [0, 0.05) is 11.5 Å². The summed E-state index contributed by atoms with van der Waals surface area (Å²) < 4.78 is 29.0. The van der Waals surface area contributed by atoms with Crippen molar-refractivity contribution < 1.29 is 13.5 Å². The summed E-state index contributed by atoms with van der Waals surface area (Å²) in [7, 11) is -2.57. The second-order valence-corrected chi connectivity index (χ2v) is 10.2. The van der Waals surface area contributed by atoms with E-state index < -0.39 is 16.8 Å². The fourth-order valence-electron chi connectivity index (χ4n) is 2.75. The predicted octanol–water partition coefficient (Wildman–Crippen LogP) is 3.53. The summed E-state index contributed by atoms with van der Waals surface area (Å²) in [5.74, 6) is 1.34. The van der Waals surface area contributed by atoms with Gasteiger partial charge >= 0.3 is 7.12 Å². The van der Waals surface area contributed by atoms with Crippen LogP contribution in [0.25, 0.3) is 0 Å². The van der Waals surface area contributed by atoms with Crippen molar-refractivity contribution in [3.05, 3.63) is 23.2 Å². The summed E-state index contributed by atoms with van der Waals surface area (Å²) in [4.78, 5) is 0. The zero-order chi connectivity index (χ0) is 16.9. The van der Waals surface area contributed by atoms with Gasteiger partial charge in [0.25, 0.3) is 0 Å². The zero-order valence-electron chi connectivity index (χ0n) is 14.1. The molecule has 3 rings (SSSR count). The molecule has 0 N–H and O–H groups in total. The lowest BCUT2D eigenvalue weighted by Gasteiger charge is -2.32. The summed E-state index contributed by atoms with van der Waals surface area (Å²) in [6.45, 7) is 8.07. The van der Waals surface area contributed by atoms with Crippen molar-refractivity contribution in [2.45, 2.75) is 51.7 Å². The third-order valence-corrected chi connectivity index (χ3v) is 7.62. The lowest BCUT2D eigenvalue weighted by molar-refractivity contribution is 0.00578. The molecule has 0 aliphatic carbocycles. The first-order valence-electron chi connectivity index (χ1n) is 8.00. The molecule has 2 aliphatic rings. The SMILES string of the molecule is CC1(C)OB(c2ccc(N=S3(=O)CCCC3)c(Cl)c2)OC1(C)C. The second kappa shape index (κ2) is 5.76. The molecular weight excluding hydrogens is 333 g/mol. The summed E-state index contributed by atoms with van der Waals surface area (Å²) in [6, 6.07) is 5.51. The van der Waals surface area contributed by atoms with Crippen LogP contribution in [-0.2, 0) is 19.0 Å². The standard InChI is InChI=1S/C16H23BClNO3S/c1-15(2)16(3,4)22-17(21-15)12-7-8-14(13(18)11-12)19-23(20)9-5-6-10-23/h7-8,11H,5-6,9-10H2,1-4H3. The van der Waals surface area contributed by atoms with Gasteiger partial charge in [-0.1, -0.05) is 17.7 Å². The third kappa shape index (κ3) is 3.32. The molecule has 0 spiro atoms. The van der Waals surface area contributed by atoms with E-state index in [9.17, 15) is 4.21 Å². The fourth-order valence-corrected chi connectivity index (χ4v) is 5.25. The van der Waals surface area contributed by atoms with Gasteiger partial charge in [-0.2, -0.15) is 4.36 Å². The molecule has 2 heterocycles. The van der Waals surface area contributed by atoms with Crippen LogP contribution in [0.4, 0.5) is 5.69 Å². The minimum atomic E-state index is -2.12. The number of benzene rings is 1. The van der Waals surface area contributed by atoms with Gasteiger partial charge in [-0.05, 0) is 58.1 Å². The molecule has 2 fully saturated rings. The van der Waals surface area contributed by atoms with E-state index in [1.54, 1.807) is 6.07 Å². The molecule has 0 atom stereocenters. The first-order chi connectivity index (χ1) is 10.6. The second-order valence-electron chi connectivity index (χ2n) is 7.28. The van der Waals surface area contributed by atoms with E-state index in [0.717, 1.165) is 18.3 Å². The van der Waals surface area contributed by atoms with Gasteiger partial charge in [-0.25, -0.2) is 4.21 Å². The Bertz CT molecular complexity index is 713. The molecule has 0 unspecified atom stereocenters. The van der Waals surface area contributed by atoms with Crippen molar-refractivity contribution in [3.8, 4) is 0 Å². The molecule has 0 aromatic heterocycles. The largest absolute Gasteiger partial charge is 0.494 e. The molecule has 23 heavy (non-hydrogen) atoms. The maximum absolute atomic E-state index is 12.5. The van der Waals surface area contributed by atoms with Crippen molar-refractivity contribution in [3.63, 3.8) is 0 Å². The van der Waals surface area contributed by atoms with Crippen LogP contribution in [0.1, 0.15) is 40.5 Å². The number of nitrogens with zero attached hydrogens (tertiary/aromatic N) is 1. The molecular formula is C16H23BClNO3S. The average Bonchev–Trinajstić information content (AvgIpc) is 2.94. The molecule has 7 heteroatoms. The molecule has 0 saturated carbocycles. The van der Waals surface area contributed by atoms with Gasteiger partial charge in [0.2, 0.25) is 0 Å². The third-order valence-electron chi connectivity index (χ3n) is 4.94. The normalized spacial score (nSPS) is 24.8. The van der Waals surface area contributed by atoms with Crippen molar-refractivity contribution in [1.29, 1.82) is 0 Å². The van der Waals surface area contributed by atoms with Gasteiger partial charge in [-0.15, -0.1) is 0 Å². The fraction of sp³-hybridized carbons (Fsp3) is 0.625. The van der Waals surface area contributed by atoms with E-state index in [4.69, 9.17) is 20.9 Å². The smallest absolute Gasteiger partial charge is 0.399 e. The summed E-state index contributed by atoms with van der Waals surface area (Å²) in [6.07, 6.45) is 1.96. The Morgan fingerprint density at radius 1 is 1.13 bits per heavy atom. The van der Waals surface area contributed by atoms with Gasteiger partial charge in [0.1, 0.15) is 0 Å². The Kier molecular flexibility index (Phi) is 4.33. The van der Waals surface area contributed by atoms with E-state index >= 15 is 0 Å². The van der Waals surface area contributed by atoms with Gasteiger partial charge in [0.15, 0.2) is 0 Å². The Balaban J connectivity index is 1.88. The van der Waals surface area contributed by atoms with Crippen LogP contribution in [0, 0.1) is 0 Å². The molecule has 1 aromatic rings. The Morgan fingerprint density at radius 3 is 2.22 bits per heavy atom. The van der Waals surface area contributed by atoms with Crippen LogP contribution >= 0.6 is 11.6 Å². The van der Waals surface area contributed by atoms with Crippen LogP contribution in [0.2, 0.25) is 5.02 Å². The van der Waals surface area contributed by atoms with E-state index in [1.807, 2.05) is 39.8 Å². The van der Waals surface area contributed by atoms with Gasteiger partial charge in [-0.3, -0.25) is 0 Å². The molecule has 126 valence electrons. The molecule has 0 amide bonds. The van der Waals surface area contributed by atoms with Crippen LogP contribution in [0.3, 0.4) is 0 Å². The van der Waals surface area contributed by atoms with Crippen molar-refractivity contribution in [2.24, 2.45) is 4.36 Å². The highest BCUT2D eigenvalue weighted by molar-refractivity contribution is 7.93. The average molecular weight is 356 g/mol. The van der Waals surface area contributed by atoms with Crippen LogP contribution in [-0.4, -0.2) is 34.0 Å². The maximum atomic E-state index is 12.5. The summed E-state index contributed by atoms with van der Waals surface area (Å²) >= 11 is 6.36. The summed E-state index contributed by atoms with van der Waals surface area (Å²) in [5, 5.41) is 0.492. The lowest BCUT2D eigenvalue weighted by atomic mass is 9.79. The topological polar surface area (TPSA) is 47.9 Å². The Hall–Kier alpha value is -0.555. The number of hydrogen-bond acceptors (Lipinski definition) is 4. The number of rotatable bonds is 2.